The van der Waals surface area contributed by atoms with Gasteiger partial charge >= 0.3 is 5.97 Å². The van der Waals surface area contributed by atoms with Crippen LogP contribution in [-0.4, -0.2) is 60.3 Å². The van der Waals surface area contributed by atoms with E-state index in [1.807, 2.05) is 0 Å². The number of carbonyl (C=O) groups is 2. The van der Waals surface area contributed by atoms with Gasteiger partial charge in [-0.15, -0.1) is 11.3 Å². The molecule has 0 aliphatic carbocycles. The predicted molar refractivity (Wildman–Crippen MR) is 93.2 cm³/mol. The summed E-state index contributed by atoms with van der Waals surface area (Å²) in [5.74, 6) is -0.892. The van der Waals surface area contributed by atoms with Crippen molar-refractivity contribution in [3.8, 4) is 0 Å². The van der Waals surface area contributed by atoms with Crippen LogP contribution in [-0.2, 0) is 14.8 Å². The van der Waals surface area contributed by atoms with Crippen LogP contribution < -0.4 is 0 Å². The normalized spacial score (nSPS) is 23.1. The van der Waals surface area contributed by atoms with Gasteiger partial charge in [-0.3, -0.25) is 4.79 Å². The van der Waals surface area contributed by atoms with Crippen molar-refractivity contribution in [3.63, 3.8) is 0 Å². The highest BCUT2D eigenvalue weighted by Crippen LogP contribution is 2.30. The standard InChI is InChI=1S/C16H22N2O5S2/c1-11-6-9-17(10-7-11)25(22,23)14-5-4-13(24-14)15(19)18-8-2-3-12(18)16(20)21/h4-5,11-12H,2-3,6-10H2,1H3,(H,20,21)/t12-/m0/s1. The van der Waals surface area contributed by atoms with Gasteiger partial charge in [-0.05, 0) is 43.7 Å². The van der Waals surface area contributed by atoms with E-state index in [0.717, 1.165) is 24.2 Å². The molecule has 1 aromatic heterocycles. The number of hydrogen-bond donors (Lipinski definition) is 1. The van der Waals surface area contributed by atoms with Gasteiger partial charge in [0.25, 0.3) is 15.9 Å². The molecule has 1 N–H and O–H groups in total. The Hall–Kier alpha value is -1.45. The molecule has 0 saturated carbocycles. The number of sulfonamides is 1. The maximum Gasteiger partial charge on any atom is 0.326 e. The van der Waals surface area contributed by atoms with Crippen molar-refractivity contribution in [3.05, 3.63) is 17.0 Å². The van der Waals surface area contributed by atoms with Gasteiger partial charge in [0.1, 0.15) is 10.3 Å². The molecule has 3 rings (SSSR count). The Bertz CT molecular complexity index is 765. The molecule has 1 atom stereocenters. The van der Waals surface area contributed by atoms with E-state index in [4.69, 9.17) is 0 Å². The molecule has 0 bridgehead atoms. The van der Waals surface area contributed by atoms with E-state index in [0.29, 0.717) is 38.4 Å². The molecule has 2 fully saturated rings. The lowest BCUT2D eigenvalue weighted by molar-refractivity contribution is -0.141. The van der Waals surface area contributed by atoms with Gasteiger partial charge < -0.3 is 10.0 Å². The van der Waals surface area contributed by atoms with E-state index in [1.165, 1.54) is 21.3 Å². The van der Waals surface area contributed by atoms with Crippen LogP contribution in [0.25, 0.3) is 0 Å². The van der Waals surface area contributed by atoms with Gasteiger partial charge in [-0.2, -0.15) is 4.31 Å². The van der Waals surface area contributed by atoms with E-state index in [1.54, 1.807) is 0 Å². The molecule has 0 spiro atoms. The van der Waals surface area contributed by atoms with Crippen molar-refractivity contribution < 1.29 is 23.1 Å². The molecule has 3 heterocycles. The number of aliphatic carboxylic acids is 1. The molecule has 2 aliphatic rings. The number of carboxylic acids is 1. The van der Waals surface area contributed by atoms with Crippen LogP contribution in [0.1, 0.15) is 42.3 Å². The minimum atomic E-state index is -3.59. The largest absolute Gasteiger partial charge is 0.480 e. The topological polar surface area (TPSA) is 95.0 Å². The average molecular weight is 386 g/mol. The van der Waals surface area contributed by atoms with Crippen LogP contribution in [0.4, 0.5) is 0 Å². The minimum absolute atomic E-state index is 0.150. The van der Waals surface area contributed by atoms with Gasteiger partial charge in [0.15, 0.2) is 0 Å². The Labute approximate surface area is 151 Å². The van der Waals surface area contributed by atoms with Crippen LogP contribution in [0.15, 0.2) is 16.3 Å². The van der Waals surface area contributed by atoms with E-state index >= 15 is 0 Å². The van der Waals surface area contributed by atoms with Gasteiger partial charge in [0, 0.05) is 19.6 Å². The minimum Gasteiger partial charge on any atom is -0.480 e. The Balaban J connectivity index is 1.78. The second kappa shape index (κ2) is 7.05. The number of hydrogen-bond acceptors (Lipinski definition) is 5. The van der Waals surface area contributed by atoms with Gasteiger partial charge in [0.05, 0.1) is 4.88 Å². The summed E-state index contributed by atoms with van der Waals surface area (Å²) in [6, 6.07) is 2.12. The lowest BCUT2D eigenvalue weighted by Gasteiger charge is -2.28. The molecule has 1 amide bonds. The number of carbonyl (C=O) groups excluding carboxylic acids is 1. The van der Waals surface area contributed by atoms with E-state index in [-0.39, 0.29) is 9.09 Å². The summed E-state index contributed by atoms with van der Waals surface area (Å²) in [5.41, 5.74) is 0. The van der Waals surface area contributed by atoms with Crippen molar-refractivity contribution in [2.75, 3.05) is 19.6 Å². The van der Waals surface area contributed by atoms with E-state index in [9.17, 15) is 23.1 Å². The van der Waals surface area contributed by atoms with Gasteiger partial charge in [-0.1, -0.05) is 6.92 Å². The van der Waals surface area contributed by atoms with Gasteiger partial charge in [-0.25, -0.2) is 13.2 Å². The third-order valence-electron chi connectivity index (χ3n) is 4.93. The first-order valence-corrected chi connectivity index (χ1v) is 10.7. The van der Waals surface area contributed by atoms with Crippen molar-refractivity contribution >= 4 is 33.2 Å². The van der Waals surface area contributed by atoms with Crippen molar-refractivity contribution in [2.45, 2.75) is 42.9 Å². The molecule has 7 nitrogen and oxygen atoms in total. The highest BCUT2D eigenvalue weighted by atomic mass is 32.2. The van der Waals surface area contributed by atoms with Crippen LogP contribution in [0.3, 0.4) is 0 Å². The first kappa shape index (κ1) is 18.3. The summed E-state index contributed by atoms with van der Waals surface area (Å²) in [7, 11) is -3.59. The zero-order chi connectivity index (χ0) is 18.2. The molecule has 25 heavy (non-hydrogen) atoms. The second-order valence-corrected chi connectivity index (χ2v) is 9.95. The van der Waals surface area contributed by atoms with Crippen molar-refractivity contribution in [1.82, 2.24) is 9.21 Å². The molecule has 1 aromatic rings. The maximum atomic E-state index is 12.7. The molecule has 2 aliphatic heterocycles. The summed E-state index contributed by atoms with van der Waals surface area (Å²) in [5, 5.41) is 9.21. The molecule has 0 radical (unpaired) electrons. The zero-order valence-corrected chi connectivity index (χ0v) is 15.7. The number of piperidine rings is 1. The summed E-state index contributed by atoms with van der Waals surface area (Å²) < 4.78 is 27.1. The van der Waals surface area contributed by atoms with Crippen molar-refractivity contribution in [2.24, 2.45) is 5.92 Å². The Kier molecular flexibility index (Phi) is 5.17. The maximum absolute atomic E-state index is 12.7. The zero-order valence-electron chi connectivity index (χ0n) is 14.1. The molecular weight excluding hydrogens is 364 g/mol. The lowest BCUT2D eigenvalue weighted by Crippen LogP contribution is -2.40. The summed E-state index contributed by atoms with van der Waals surface area (Å²) in [4.78, 5) is 25.4. The SMILES string of the molecule is CC1CCN(S(=O)(=O)c2ccc(C(=O)N3CCC[C@H]3C(=O)O)s2)CC1. The van der Waals surface area contributed by atoms with E-state index in [2.05, 4.69) is 6.92 Å². The smallest absolute Gasteiger partial charge is 0.326 e. The first-order chi connectivity index (χ1) is 11.8. The highest BCUT2D eigenvalue weighted by molar-refractivity contribution is 7.91. The fourth-order valence-electron chi connectivity index (χ4n) is 3.33. The molecule has 138 valence electrons. The van der Waals surface area contributed by atoms with Crippen molar-refractivity contribution in [1.29, 1.82) is 0 Å². The average Bonchev–Trinajstić information content (AvgIpc) is 3.24. The number of carboxylic acid groups (broad SMARTS) is 1. The van der Waals surface area contributed by atoms with E-state index < -0.39 is 27.9 Å². The fraction of sp³-hybridized carbons (Fsp3) is 0.625. The van der Waals surface area contributed by atoms with Crippen LogP contribution >= 0.6 is 11.3 Å². The first-order valence-electron chi connectivity index (χ1n) is 8.44. The number of nitrogens with zero attached hydrogens (tertiary/aromatic N) is 2. The number of likely N-dealkylation sites (tertiary alicyclic amines) is 1. The van der Waals surface area contributed by atoms with Gasteiger partial charge in [0.2, 0.25) is 0 Å². The Morgan fingerprint density at radius 1 is 1.16 bits per heavy atom. The molecule has 9 heteroatoms. The number of rotatable bonds is 4. The number of thiophene rings is 1. The van der Waals surface area contributed by atoms with Crippen LogP contribution in [0.2, 0.25) is 0 Å². The van der Waals surface area contributed by atoms with Crippen LogP contribution in [0.5, 0.6) is 0 Å². The summed E-state index contributed by atoms with van der Waals surface area (Å²) in [6.45, 7) is 3.50. The molecular formula is C16H22N2O5S2. The lowest BCUT2D eigenvalue weighted by atomic mass is 10.0. The summed E-state index contributed by atoms with van der Waals surface area (Å²) >= 11 is 0.929. The molecule has 0 aromatic carbocycles. The Morgan fingerprint density at radius 2 is 1.84 bits per heavy atom. The Morgan fingerprint density at radius 3 is 2.48 bits per heavy atom. The second-order valence-electron chi connectivity index (χ2n) is 6.70. The quantitative estimate of drug-likeness (QED) is 0.852. The predicted octanol–water partition coefficient (Wildman–Crippen LogP) is 1.86. The summed E-state index contributed by atoms with van der Waals surface area (Å²) in [6.07, 6.45) is 2.75. The molecule has 2 saturated heterocycles. The highest BCUT2D eigenvalue weighted by Gasteiger charge is 2.36. The fourth-order valence-corrected chi connectivity index (χ4v) is 6.22. The van der Waals surface area contributed by atoms with Crippen LogP contribution in [0, 0.1) is 5.92 Å². The third-order valence-corrected chi connectivity index (χ3v) is 8.37. The number of amides is 1. The third kappa shape index (κ3) is 3.58. The molecule has 0 unspecified atom stereocenters. The monoisotopic (exact) mass is 386 g/mol.